The molecule has 3 nitrogen and oxygen atoms in total. The number of benzene rings is 2. The molecule has 0 saturated heterocycles. The first-order chi connectivity index (χ1) is 10.0. The zero-order valence-corrected chi connectivity index (χ0v) is 14.5. The molecule has 2 aromatic rings. The average molecular weight is 390 g/mol. The zero-order valence-electron chi connectivity index (χ0n) is 11.4. The molecule has 2 rings (SSSR count). The third kappa shape index (κ3) is 4.11. The summed E-state index contributed by atoms with van der Waals surface area (Å²) in [6.45, 7) is 0. The van der Waals surface area contributed by atoms with E-state index in [1.54, 1.807) is 19.2 Å². The van der Waals surface area contributed by atoms with E-state index >= 15 is 0 Å². The van der Waals surface area contributed by atoms with Crippen LogP contribution in [0.15, 0.2) is 40.9 Å². The third-order valence-electron chi connectivity index (χ3n) is 3.19. The van der Waals surface area contributed by atoms with Crippen molar-refractivity contribution in [3.8, 4) is 5.75 Å². The second-order valence-corrected chi connectivity index (χ2v) is 6.26. The van der Waals surface area contributed by atoms with E-state index < -0.39 is 0 Å². The van der Waals surface area contributed by atoms with Crippen LogP contribution in [0.3, 0.4) is 0 Å². The van der Waals surface area contributed by atoms with E-state index in [2.05, 4.69) is 21.4 Å². The molecule has 0 aliphatic rings. The lowest BCUT2D eigenvalue weighted by molar-refractivity contribution is 0.412. The van der Waals surface area contributed by atoms with Crippen molar-refractivity contribution in [2.45, 2.75) is 12.5 Å². The quantitative estimate of drug-likeness (QED) is 0.584. The van der Waals surface area contributed by atoms with Gasteiger partial charge in [0.2, 0.25) is 0 Å². The second-order valence-electron chi connectivity index (χ2n) is 4.56. The maximum atomic E-state index is 6.23. The Morgan fingerprint density at radius 2 is 2.00 bits per heavy atom. The summed E-state index contributed by atoms with van der Waals surface area (Å²) >= 11 is 15.7. The van der Waals surface area contributed by atoms with E-state index in [4.69, 9.17) is 33.8 Å². The van der Waals surface area contributed by atoms with Gasteiger partial charge in [-0.2, -0.15) is 0 Å². The molecule has 0 amide bonds. The first-order valence-corrected chi connectivity index (χ1v) is 7.83. The van der Waals surface area contributed by atoms with Crippen LogP contribution < -0.4 is 16.0 Å². The van der Waals surface area contributed by atoms with Gasteiger partial charge in [-0.05, 0) is 63.8 Å². The number of hydrogen-bond acceptors (Lipinski definition) is 3. The molecule has 112 valence electrons. The van der Waals surface area contributed by atoms with Gasteiger partial charge < -0.3 is 4.74 Å². The predicted molar refractivity (Wildman–Crippen MR) is 90.9 cm³/mol. The van der Waals surface area contributed by atoms with E-state index in [0.717, 1.165) is 21.3 Å². The normalized spacial score (nSPS) is 12.2. The molecular formula is C15H15BrCl2N2O. The van der Waals surface area contributed by atoms with Crippen LogP contribution in [-0.2, 0) is 6.42 Å². The Bertz CT molecular complexity index is 637. The number of hydrazine groups is 1. The van der Waals surface area contributed by atoms with Crippen LogP contribution in [0.5, 0.6) is 5.75 Å². The Morgan fingerprint density at radius 1 is 1.24 bits per heavy atom. The minimum absolute atomic E-state index is 0.128. The number of hydrogen-bond donors (Lipinski definition) is 2. The van der Waals surface area contributed by atoms with Crippen molar-refractivity contribution in [2.24, 2.45) is 5.84 Å². The van der Waals surface area contributed by atoms with Crippen molar-refractivity contribution in [3.63, 3.8) is 0 Å². The van der Waals surface area contributed by atoms with Crippen LogP contribution in [0.4, 0.5) is 0 Å². The van der Waals surface area contributed by atoms with E-state index in [9.17, 15) is 0 Å². The Balaban J connectivity index is 2.26. The summed E-state index contributed by atoms with van der Waals surface area (Å²) in [6, 6.07) is 11.1. The van der Waals surface area contributed by atoms with Gasteiger partial charge >= 0.3 is 0 Å². The molecule has 0 fully saturated rings. The number of rotatable bonds is 5. The molecule has 21 heavy (non-hydrogen) atoms. The van der Waals surface area contributed by atoms with E-state index in [0.29, 0.717) is 16.5 Å². The first-order valence-electron chi connectivity index (χ1n) is 6.28. The van der Waals surface area contributed by atoms with Crippen molar-refractivity contribution in [1.82, 2.24) is 5.43 Å². The summed E-state index contributed by atoms with van der Waals surface area (Å²) < 4.78 is 6.12. The summed E-state index contributed by atoms with van der Waals surface area (Å²) in [5.74, 6) is 6.47. The molecule has 3 N–H and O–H groups in total. The second kappa shape index (κ2) is 7.47. The highest BCUT2D eigenvalue weighted by Crippen LogP contribution is 2.31. The minimum atomic E-state index is -0.128. The fourth-order valence-corrected chi connectivity index (χ4v) is 3.13. The minimum Gasteiger partial charge on any atom is -0.496 e. The number of nitrogens with one attached hydrogen (secondary N) is 1. The summed E-state index contributed by atoms with van der Waals surface area (Å²) in [5, 5.41) is 1.26. The average Bonchev–Trinajstić information content (AvgIpc) is 2.47. The maximum Gasteiger partial charge on any atom is 0.133 e. The molecule has 6 heteroatoms. The van der Waals surface area contributed by atoms with Gasteiger partial charge in [-0.15, -0.1) is 0 Å². The van der Waals surface area contributed by atoms with Gasteiger partial charge in [0, 0.05) is 10.0 Å². The smallest absolute Gasteiger partial charge is 0.133 e. The van der Waals surface area contributed by atoms with Crippen molar-refractivity contribution in [3.05, 3.63) is 62.0 Å². The van der Waals surface area contributed by atoms with Gasteiger partial charge in [0.15, 0.2) is 0 Å². The van der Waals surface area contributed by atoms with Gasteiger partial charge in [-0.3, -0.25) is 11.3 Å². The molecule has 2 aromatic carbocycles. The Labute approximate surface area is 142 Å². The summed E-state index contributed by atoms with van der Waals surface area (Å²) in [5.41, 5.74) is 4.77. The van der Waals surface area contributed by atoms with Crippen molar-refractivity contribution >= 4 is 39.1 Å². The Morgan fingerprint density at radius 3 is 2.62 bits per heavy atom. The Kier molecular flexibility index (Phi) is 5.90. The molecule has 1 unspecified atom stereocenters. The monoisotopic (exact) mass is 388 g/mol. The number of ether oxygens (including phenoxy) is 1. The van der Waals surface area contributed by atoms with Crippen LogP contribution in [0.2, 0.25) is 10.0 Å². The zero-order chi connectivity index (χ0) is 15.4. The largest absolute Gasteiger partial charge is 0.496 e. The maximum absolute atomic E-state index is 6.23. The van der Waals surface area contributed by atoms with Gasteiger partial charge in [0.25, 0.3) is 0 Å². The molecule has 0 bridgehead atoms. The highest BCUT2D eigenvalue weighted by Gasteiger charge is 2.15. The molecule has 0 saturated carbocycles. The molecule has 0 aliphatic carbocycles. The summed E-state index contributed by atoms with van der Waals surface area (Å²) in [6.07, 6.45) is 0.680. The lowest BCUT2D eigenvalue weighted by Crippen LogP contribution is -2.29. The molecular weight excluding hydrogens is 375 g/mol. The third-order valence-corrected chi connectivity index (χ3v) is 4.39. The van der Waals surface area contributed by atoms with Crippen LogP contribution in [0, 0.1) is 0 Å². The molecule has 1 atom stereocenters. The van der Waals surface area contributed by atoms with Gasteiger partial charge in [-0.1, -0.05) is 29.3 Å². The van der Waals surface area contributed by atoms with Crippen LogP contribution in [0.1, 0.15) is 17.2 Å². The van der Waals surface area contributed by atoms with E-state index in [-0.39, 0.29) is 6.04 Å². The standard InChI is InChI=1S/C15H15BrCl2N2O/c1-21-15-5-2-9(6-12(15)16)7-14(20-19)11-8-10(17)3-4-13(11)18/h2-6,8,14,20H,7,19H2,1H3. The van der Waals surface area contributed by atoms with Gasteiger partial charge in [0.05, 0.1) is 17.6 Å². The summed E-state index contributed by atoms with van der Waals surface area (Å²) in [7, 11) is 1.63. The van der Waals surface area contributed by atoms with Gasteiger partial charge in [-0.25, -0.2) is 0 Å². The van der Waals surface area contributed by atoms with Crippen LogP contribution in [0.25, 0.3) is 0 Å². The fourth-order valence-electron chi connectivity index (χ4n) is 2.11. The lowest BCUT2D eigenvalue weighted by Gasteiger charge is -2.18. The first kappa shape index (κ1) is 16.6. The van der Waals surface area contributed by atoms with Crippen LogP contribution in [-0.4, -0.2) is 7.11 Å². The fraction of sp³-hybridized carbons (Fsp3) is 0.200. The molecule has 0 aromatic heterocycles. The van der Waals surface area contributed by atoms with Crippen LogP contribution >= 0.6 is 39.1 Å². The van der Waals surface area contributed by atoms with Crippen molar-refractivity contribution < 1.29 is 4.74 Å². The van der Waals surface area contributed by atoms with Gasteiger partial charge in [0.1, 0.15) is 5.75 Å². The van der Waals surface area contributed by atoms with E-state index in [1.165, 1.54) is 0 Å². The van der Waals surface area contributed by atoms with Crippen molar-refractivity contribution in [1.29, 1.82) is 0 Å². The molecule has 0 heterocycles. The topological polar surface area (TPSA) is 47.3 Å². The SMILES string of the molecule is COc1ccc(CC(NN)c2cc(Cl)ccc2Cl)cc1Br. The number of halogens is 3. The van der Waals surface area contributed by atoms with Crippen molar-refractivity contribution in [2.75, 3.05) is 7.11 Å². The highest BCUT2D eigenvalue weighted by molar-refractivity contribution is 9.10. The Hall–Kier alpha value is -0.780. The summed E-state index contributed by atoms with van der Waals surface area (Å²) in [4.78, 5) is 0. The molecule has 0 radical (unpaired) electrons. The molecule has 0 aliphatic heterocycles. The predicted octanol–water partition coefficient (Wildman–Crippen LogP) is 4.51. The number of nitrogens with two attached hydrogens (primary N) is 1. The molecule has 0 spiro atoms. The highest BCUT2D eigenvalue weighted by atomic mass is 79.9. The number of methoxy groups -OCH3 is 1. The van der Waals surface area contributed by atoms with E-state index in [1.807, 2.05) is 24.3 Å². The lowest BCUT2D eigenvalue weighted by atomic mass is 9.99.